The van der Waals surface area contributed by atoms with Gasteiger partial charge in [0.2, 0.25) is 0 Å². The highest BCUT2D eigenvalue weighted by atomic mass is 32.1. The van der Waals surface area contributed by atoms with Crippen LogP contribution in [0.1, 0.15) is 20.0 Å². The molecule has 2 heterocycles. The molecule has 0 atom stereocenters. The number of hydrogen-bond donors (Lipinski definition) is 2. The number of carbonyl (C=O) groups is 2. The fourth-order valence-electron chi connectivity index (χ4n) is 2.73. The van der Waals surface area contributed by atoms with Crippen molar-refractivity contribution in [1.82, 2.24) is 4.98 Å². The standard InChI is InChI=1S/C22H17N3O3S2/c1-28-17-9-7-14(8-10-17)18-13-30-22(24-18)25-20(26)15-4-2-5-16(12-15)23-21(27)19-6-3-11-29-19/h2-13H,1H3,(H,23,27)(H,24,25,26). The number of nitrogens with zero attached hydrogens (tertiary/aromatic N) is 1. The molecule has 30 heavy (non-hydrogen) atoms. The molecule has 0 radical (unpaired) electrons. The lowest BCUT2D eigenvalue weighted by atomic mass is 10.2. The van der Waals surface area contributed by atoms with E-state index in [4.69, 9.17) is 4.74 Å². The molecule has 4 rings (SSSR count). The molecule has 150 valence electrons. The molecule has 8 heteroatoms. The molecule has 0 aliphatic carbocycles. The van der Waals surface area contributed by atoms with Crippen molar-refractivity contribution >= 4 is 45.3 Å². The molecule has 0 unspecified atom stereocenters. The molecule has 2 aromatic heterocycles. The van der Waals surface area contributed by atoms with Gasteiger partial charge in [0, 0.05) is 22.2 Å². The minimum atomic E-state index is -0.294. The SMILES string of the molecule is COc1ccc(-c2csc(NC(=O)c3cccc(NC(=O)c4cccs4)c3)n2)cc1. The summed E-state index contributed by atoms with van der Waals surface area (Å²) in [6.45, 7) is 0. The van der Waals surface area contributed by atoms with Gasteiger partial charge in [0.1, 0.15) is 5.75 Å². The van der Waals surface area contributed by atoms with Crippen LogP contribution >= 0.6 is 22.7 Å². The van der Waals surface area contributed by atoms with Crippen molar-refractivity contribution in [3.05, 3.63) is 81.9 Å². The summed E-state index contributed by atoms with van der Waals surface area (Å²) >= 11 is 2.71. The second kappa shape index (κ2) is 8.89. The first-order chi connectivity index (χ1) is 14.6. The smallest absolute Gasteiger partial charge is 0.265 e. The van der Waals surface area contributed by atoms with Gasteiger partial charge in [0.05, 0.1) is 17.7 Å². The molecule has 2 N–H and O–H groups in total. The third-order valence-electron chi connectivity index (χ3n) is 4.24. The molecular formula is C22H17N3O3S2. The summed E-state index contributed by atoms with van der Waals surface area (Å²) in [5.74, 6) is 0.276. The van der Waals surface area contributed by atoms with Gasteiger partial charge in [-0.05, 0) is 53.9 Å². The van der Waals surface area contributed by atoms with Crippen molar-refractivity contribution < 1.29 is 14.3 Å². The highest BCUT2D eigenvalue weighted by Gasteiger charge is 2.12. The average Bonchev–Trinajstić information content (AvgIpc) is 3.46. The van der Waals surface area contributed by atoms with Gasteiger partial charge >= 0.3 is 0 Å². The Hall–Kier alpha value is -3.49. The van der Waals surface area contributed by atoms with E-state index < -0.39 is 0 Å². The van der Waals surface area contributed by atoms with Crippen LogP contribution in [0.25, 0.3) is 11.3 Å². The molecule has 0 aliphatic rings. The first kappa shape index (κ1) is 19.8. The van der Waals surface area contributed by atoms with Crippen molar-refractivity contribution in [1.29, 1.82) is 0 Å². The van der Waals surface area contributed by atoms with Crippen molar-refractivity contribution in [2.24, 2.45) is 0 Å². The number of hydrogen-bond acceptors (Lipinski definition) is 6. The van der Waals surface area contributed by atoms with Crippen LogP contribution in [0.4, 0.5) is 10.8 Å². The van der Waals surface area contributed by atoms with Gasteiger partial charge in [-0.1, -0.05) is 12.1 Å². The molecule has 0 aliphatic heterocycles. The molecule has 0 saturated carbocycles. The van der Waals surface area contributed by atoms with Gasteiger partial charge in [0.25, 0.3) is 11.8 Å². The van der Waals surface area contributed by atoms with Gasteiger partial charge in [-0.25, -0.2) is 4.98 Å². The Bertz CT molecular complexity index is 1170. The highest BCUT2D eigenvalue weighted by Crippen LogP contribution is 2.27. The Morgan fingerprint density at radius 3 is 2.50 bits per heavy atom. The molecule has 0 fully saturated rings. The number of thiophene rings is 1. The zero-order valence-corrected chi connectivity index (χ0v) is 17.5. The molecule has 2 aromatic carbocycles. The number of methoxy groups -OCH3 is 1. The van der Waals surface area contributed by atoms with Crippen molar-refractivity contribution in [3.8, 4) is 17.0 Å². The van der Waals surface area contributed by atoms with Gasteiger partial charge in [-0.3, -0.25) is 14.9 Å². The van der Waals surface area contributed by atoms with E-state index in [0.29, 0.717) is 21.3 Å². The van der Waals surface area contributed by atoms with Crippen LogP contribution in [0.15, 0.2) is 71.4 Å². The number of anilines is 2. The van der Waals surface area contributed by atoms with Gasteiger partial charge < -0.3 is 10.1 Å². The maximum Gasteiger partial charge on any atom is 0.265 e. The van der Waals surface area contributed by atoms with Crippen LogP contribution in [-0.2, 0) is 0 Å². The summed E-state index contributed by atoms with van der Waals surface area (Å²) in [6.07, 6.45) is 0. The van der Waals surface area contributed by atoms with Crippen molar-refractivity contribution in [2.75, 3.05) is 17.7 Å². The van der Waals surface area contributed by atoms with Gasteiger partial charge in [0.15, 0.2) is 5.13 Å². The van der Waals surface area contributed by atoms with E-state index in [0.717, 1.165) is 17.0 Å². The van der Waals surface area contributed by atoms with Gasteiger partial charge in [-0.15, -0.1) is 22.7 Å². The first-order valence-corrected chi connectivity index (χ1v) is 10.7. The lowest BCUT2D eigenvalue weighted by Gasteiger charge is -2.06. The number of amides is 2. The van der Waals surface area contributed by atoms with Crippen molar-refractivity contribution in [3.63, 3.8) is 0 Å². The van der Waals surface area contributed by atoms with E-state index in [-0.39, 0.29) is 11.8 Å². The molecule has 2 amide bonds. The normalized spacial score (nSPS) is 10.4. The predicted octanol–water partition coefficient (Wildman–Crippen LogP) is 5.38. The number of ether oxygens (including phenoxy) is 1. The Balaban J connectivity index is 1.44. The highest BCUT2D eigenvalue weighted by molar-refractivity contribution is 7.14. The number of thiazole rings is 1. The zero-order valence-electron chi connectivity index (χ0n) is 15.9. The minimum Gasteiger partial charge on any atom is -0.497 e. The lowest BCUT2D eigenvalue weighted by molar-refractivity contribution is 0.101. The Labute approximate surface area is 181 Å². The van der Waals surface area contributed by atoms with Crippen LogP contribution < -0.4 is 15.4 Å². The Kier molecular flexibility index (Phi) is 5.87. The van der Waals surface area contributed by atoms with E-state index >= 15 is 0 Å². The lowest BCUT2D eigenvalue weighted by Crippen LogP contribution is -2.14. The second-order valence-corrected chi connectivity index (χ2v) is 8.04. The maximum atomic E-state index is 12.6. The quantitative estimate of drug-likeness (QED) is 0.426. The summed E-state index contributed by atoms with van der Waals surface area (Å²) in [5, 5.41) is 9.84. The topological polar surface area (TPSA) is 80.3 Å². The fourth-order valence-corrected chi connectivity index (χ4v) is 4.07. The average molecular weight is 436 g/mol. The Morgan fingerprint density at radius 2 is 1.77 bits per heavy atom. The zero-order chi connectivity index (χ0) is 20.9. The summed E-state index contributed by atoms with van der Waals surface area (Å²) < 4.78 is 5.17. The molecule has 0 spiro atoms. The summed E-state index contributed by atoms with van der Waals surface area (Å²) in [5.41, 5.74) is 2.69. The fraction of sp³-hybridized carbons (Fsp3) is 0.0455. The number of nitrogens with one attached hydrogen (secondary N) is 2. The number of carbonyl (C=O) groups excluding carboxylic acids is 2. The summed E-state index contributed by atoms with van der Waals surface area (Å²) in [4.78, 5) is 29.9. The van der Waals surface area contributed by atoms with E-state index in [9.17, 15) is 9.59 Å². The number of rotatable bonds is 6. The predicted molar refractivity (Wildman–Crippen MR) is 121 cm³/mol. The van der Waals surface area contributed by atoms with E-state index in [1.165, 1.54) is 22.7 Å². The van der Waals surface area contributed by atoms with Crippen LogP contribution in [0.3, 0.4) is 0 Å². The first-order valence-electron chi connectivity index (χ1n) is 8.98. The summed E-state index contributed by atoms with van der Waals surface area (Å²) in [6, 6.07) is 17.9. The third kappa shape index (κ3) is 4.56. The molecule has 6 nitrogen and oxygen atoms in total. The van der Waals surface area contributed by atoms with Gasteiger partial charge in [-0.2, -0.15) is 0 Å². The van der Waals surface area contributed by atoms with E-state index in [1.54, 1.807) is 37.4 Å². The Morgan fingerprint density at radius 1 is 0.933 bits per heavy atom. The number of benzene rings is 2. The number of aromatic nitrogens is 1. The van der Waals surface area contributed by atoms with Crippen LogP contribution in [0, 0.1) is 0 Å². The monoisotopic (exact) mass is 435 g/mol. The van der Waals surface area contributed by atoms with Crippen LogP contribution in [-0.4, -0.2) is 23.9 Å². The van der Waals surface area contributed by atoms with Crippen LogP contribution in [0.5, 0.6) is 5.75 Å². The largest absolute Gasteiger partial charge is 0.497 e. The van der Waals surface area contributed by atoms with Crippen molar-refractivity contribution in [2.45, 2.75) is 0 Å². The maximum absolute atomic E-state index is 12.6. The molecule has 4 aromatic rings. The van der Waals surface area contributed by atoms with E-state index in [1.807, 2.05) is 41.1 Å². The van der Waals surface area contributed by atoms with Crippen LogP contribution in [0.2, 0.25) is 0 Å². The molecule has 0 saturated heterocycles. The second-order valence-electron chi connectivity index (χ2n) is 6.23. The third-order valence-corrected chi connectivity index (χ3v) is 5.86. The van der Waals surface area contributed by atoms with E-state index in [2.05, 4.69) is 15.6 Å². The molecule has 0 bridgehead atoms. The molecular weight excluding hydrogens is 418 g/mol. The summed E-state index contributed by atoms with van der Waals surface area (Å²) in [7, 11) is 1.62. The minimum absolute atomic E-state index is 0.202.